The number of oxazole rings is 1. The Balaban J connectivity index is 1.89. The topological polar surface area (TPSA) is 56.7 Å². The van der Waals surface area contributed by atoms with E-state index < -0.39 is 0 Å². The fraction of sp³-hybridized carbons (Fsp3) is 0.182. The Morgan fingerprint density at radius 1 is 1.29 bits per heavy atom. The van der Waals surface area contributed by atoms with E-state index in [0.29, 0.717) is 17.8 Å². The minimum atomic E-state index is 0.495. The number of para-hydroxylation sites is 2. The van der Waals surface area contributed by atoms with Crippen molar-refractivity contribution in [2.45, 2.75) is 11.9 Å². The second-order valence-electron chi connectivity index (χ2n) is 3.62. The standard InChI is InChI=1S/C11H9BrN4O/c12-5-8-6-16(15-14-8)7-11-13-9-3-1-2-4-10(9)17-11/h1-4,6H,5,7H2. The summed E-state index contributed by atoms with van der Waals surface area (Å²) in [6.45, 7) is 0.495. The smallest absolute Gasteiger partial charge is 0.217 e. The molecule has 0 aliphatic carbocycles. The van der Waals surface area contributed by atoms with Crippen molar-refractivity contribution < 1.29 is 4.42 Å². The predicted molar refractivity (Wildman–Crippen MR) is 65.8 cm³/mol. The Bertz CT molecular complexity index is 613. The maximum absolute atomic E-state index is 5.60. The van der Waals surface area contributed by atoms with Gasteiger partial charge >= 0.3 is 0 Å². The third kappa shape index (κ3) is 2.08. The van der Waals surface area contributed by atoms with Crippen LogP contribution in [-0.4, -0.2) is 20.0 Å². The number of alkyl halides is 1. The van der Waals surface area contributed by atoms with Gasteiger partial charge in [0.25, 0.3) is 0 Å². The van der Waals surface area contributed by atoms with Crippen LogP contribution in [0.25, 0.3) is 11.1 Å². The highest BCUT2D eigenvalue weighted by Gasteiger charge is 2.07. The van der Waals surface area contributed by atoms with Gasteiger partial charge < -0.3 is 4.42 Å². The summed E-state index contributed by atoms with van der Waals surface area (Å²) in [5.74, 6) is 0.636. The lowest BCUT2D eigenvalue weighted by Crippen LogP contribution is -2.00. The minimum Gasteiger partial charge on any atom is -0.439 e. The van der Waals surface area contributed by atoms with E-state index in [4.69, 9.17) is 4.42 Å². The molecule has 0 unspecified atom stereocenters. The highest BCUT2D eigenvalue weighted by molar-refractivity contribution is 9.08. The van der Waals surface area contributed by atoms with E-state index >= 15 is 0 Å². The third-order valence-corrected chi connectivity index (χ3v) is 2.93. The third-order valence-electron chi connectivity index (χ3n) is 2.36. The summed E-state index contributed by atoms with van der Waals surface area (Å²) in [5, 5.41) is 8.67. The molecule has 3 rings (SSSR count). The molecule has 5 nitrogen and oxygen atoms in total. The first-order chi connectivity index (χ1) is 8.35. The molecule has 17 heavy (non-hydrogen) atoms. The molecule has 0 atom stereocenters. The summed E-state index contributed by atoms with van der Waals surface area (Å²) in [6.07, 6.45) is 1.86. The van der Waals surface area contributed by atoms with E-state index in [1.807, 2.05) is 30.5 Å². The molecule has 2 aromatic heterocycles. The highest BCUT2D eigenvalue weighted by Crippen LogP contribution is 2.15. The van der Waals surface area contributed by atoms with Gasteiger partial charge in [-0.15, -0.1) is 5.10 Å². The number of hydrogen-bond donors (Lipinski definition) is 0. The number of fused-ring (bicyclic) bond motifs is 1. The van der Waals surface area contributed by atoms with Crippen molar-refractivity contribution in [2.75, 3.05) is 0 Å². The molecule has 0 aliphatic heterocycles. The lowest BCUT2D eigenvalue weighted by molar-refractivity contribution is 0.485. The Labute approximate surface area is 106 Å². The Morgan fingerprint density at radius 3 is 2.94 bits per heavy atom. The molecule has 1 aromatic carbocycles. The summed E-state index contributed by atoms with van der Waals surface area (Å²) in [5.41, 5.74) is 2.55. The second kappa shape index (κ2) is 4.29. The summed E-state index contributed by atoms with van der Waals surface area (Å²) in [7, 11) is 0. The lowest BCUT2D eigenvalue weighted by atomic mass is 10.3. The number of halogens is 1. The SMILES string of the molecule is BrCc1cn(Cc2nc3ccccc3o2)nn1. The Morgan fingerprint density at radius 2 is 2.18 bits per heavy atom. The maximum Gasteiger partial charge on any atom is 0.217 e. The van der Waals surface area contributed by atoms with Gasteiger partial charge in [-0.05, 0) is 12.1 Å². The van der Waals surface area contributed by atoms with Gasteiger partial charge in [0.15, 0.2) is 5.58 Å². The van der Waals surface area contributed by atoms with Gasteiger partial charge in [-0.1, -0.05) is 33.3 Å². The van der Waals surface area contributed by atoms with Crippen LogP contribution in [0.15, 0.2) is 34.9 Å². The van der Waals surface area contributed by atoms with Gasteiger partial charge in [-0.2, -0.15) is 0 Å². The predicted octanol–water partition coefficient (Wildman–Crippen LogP) is 2.36. The summed E-state index contributed by atoms with van der Waals surface area (Å²) in [6, 6.07) is 7.69. The van der Waals surface area contributed by atoms with Crippen LogP contribution in [0.2, 0.25) is 0 Å². The van der Waals surface area contributed by atoms with Crippen molar-refractivity contribution >= 4 is 27.0 Å². The Kier molecular flexibility index (Phi) is 2.64. The van der Waals surface area contributed by atoms with Crippen LogP contribution < -0.4 is 0 Å². The lowest BCUT2D eigenvalue weighted by Gasteiger charge is -1.92. The van der Waals surface area contributed by atoms with Crippen molar-refractivity contribution in [3.8, 4) is 0 Å². The van der Waals surface area contributed by atoms with Gasteiger partial charge in [0.1, 0.15) is 12.1 Å². The molecule has 0 bridgehead atoms. The van der Waals surface area contributed by atoms with Crippen LogP contribution in [-0.2, 0) is 11.9 Å². The summed E-state index contributed by atoms with van der Waals surface area (Å²) < 4.78 is 7.31. The molecule has 0 spiro atoms. The molecule has 0 N–H and O–H groups in total. The van der Waals surface area contributed by atoms with Crippen LogP contribution >= 0.6 is 15.9 Å². The van der Waals surface area contributed by atoms with Crippen molar-refractivity contribution in [2.24, 2.45) is 0 Å². The highest BCUT2D eigenvalue weighted by atomic mass is 79.9. The quantitative estimate of drug-likeness (QED) is 0.696. The van der Waals surface area contributed by atoms with Crippen molar-refractivity contribution in [3.05, 3.63) is 42.0 Å². The number of rotatable bonds is 3. The van der Waals surface area contributed by atoms with Crippen molar-refractivity contribution in [1.29, 1.82) is 0 Å². The van der Waals surface area contributed by atoms with Gasteiger partial charge in [0.2, 0.25) is 5.89 Å². The van der Waals surface area contributed by atoms with Crippen LogP contribution in [0.1, 0.15) is 11.6 Å². The van der Waals surface area contributed by atoms with Gasteiger partial charge in [-0.3, -0.25) is 0 Å². The molecule has 6 heteroatoms. The molecule has 3 aromatic rings. The van der Waals surface area contributed by atoms with E-state index in [2.05, 4.69) is 31.2 Å². The molecule has 86 valence electrons. The van der Waals surface area contributed by atoms with E-state index in [-0.39, 0.29) is 0 Å². The molecule has 0 fully saturated rings. The molecule has 0 aliphatic rings. The number of hydrogen-bond acceptors (Lipinski definition) is 4. The van der Waals surface area contributed by atoms with E-state index in [9.17, 15) is 0 Å². The van der Waals surface area contributed by atoms with Crippen molar-refractivity contribution in [3.63, 3.8) is 0 Å². The number of aromatic nitrogens is 4. The molecule has 0 saturated heterocycles. The first kappa shape index (κ1) is 10.5. The fourth-order valence-electron chi connectivity index (χ4n) is 1.60. The molecular weight excluding hydrogens is 284 g/mol. The zero-order chi connectivity index (χ0) is 11.7. The average Bonchev–Trinajstić information content (AvgIpc) is 2.94. The first-order valence-corrected chi connectivity index (χ1v) is 6.27. The zero-order valence-electron chi connectivity index (χ0n) is 8.88. The fourth-order valence-corrected chi connectivity index (χ4v) is 1.86. The van der Waals surface area contributed by atoms with Crippen LogP contribution in [0.4, 0.5) is 0 Å². The molecule has 0 saturated carbocycles. The maximum atomic E-state index is 5.60. The number of benzene rings is 1. The van der Waals surface area contributed by atoms with Crippen LogP contribution in [0.5, 0.6) is 0 Å². The molecule has 2 heterocycles. The number of nitrogens with zero attached hydrogens (tertiary/aromatic N) is 4. The molecule has 0 amide bonds. The van der Waals surface area contributed by atoms with Crippen molar-refractivity contribution in [1.82, 2.24) is 20.0 Å². The zero-order valence-corrected chi connectivity index (χ0v) is 10.5. The monoisotopic (exact) mass is 292 g/mol. The van der Waals surface area contributed by atoms with Crippen LogP contribution in [0, 0.1) is 0 Å². The average molecular weight is 293 g/mol. The van der Waals surface area contributed by atoms with Crippen LogP contribution in [0.3, 0.4) is 0 Å². The van der Waals surface area contributed by atoms with E-state index in [1.54, 1.807) is 4.68 Å². The van der Waals surface area contributed by atoms with Gasteiger partial charge in [0.05, 0.1) is 5.69 Å². The Hall–Kier alpha value is -1.69. The second-order valence-corrected chi connectivity index (χ2v) is 4.18. The minimum absolute atomic E-state index is 0.495. The van der Waals surface area contributed by atoms with E-state index in [0.717, 1.165) is 16.8 Å². The molecule has 0 radical (unpaired) electrons. The summed E-state index contributed by atoms with van der Waals surface area (Å²) in [4.78, 5) is 4.38. The van der Waals surface area contributed by atoms with Gasteiger partial charge in [-0.25, -0.2) is 9.67 Å². The van der Waals surface area contributed by atoms with Gasteiger partial charge in [0, 0.05) is 11.5 Å². The first-order valence-electron chi connectivity index (χ1n) is 5.14. The van der Waals surface area contributed by atoms with E-state index in [1.165, 1.54) is 0 Å². The largest absolute Gasteiger partial charge is 0.439 e. The molecular formula is C11H9BrN4O. The summed E-state index contributed by atoms with van der Waals surface area (Å²) >= 11 is 3.33. The normalized spacial score (nSPS) is 11.1.